The lowest BCUT2D eigenvalue weighted by Crippen LogP contribution is -2.14. The van der Waals surface area contributed by atoms with E-state index in [2.05, 4.69) is 15.6 Å². The quantitative estimate of drug-likeness (QED) is 0.465. The third-order valence-electron chi connectivity index (χ3n) is 4.55. The van der Waals surface area contributed by atoms with Gasteiger partial charge in [0.2, 0.25) is 11.8 Å². The first kappa shape index (κ1) is 19.7. The summed E-state index contributed by atoms with van der Waals surface area (Å²) in [6, 6.07) is 18.2. The van der Waals surface area contributed by atoms with Crippen LogP contribution in [0.5, 0.6) is 0 Å². The van der Waals surface area contributed by atoms with Crippen LogP contribution in [0.3, 0.4) is 0 Å². The number of carbonyl (C=O) groups excluding carboxylic acids is 2. The zero-order valence-corrected chi connectivity index (χ0v) is 16.9. The molecule has 2 N–H and O–H groups in total. The van der Waals surface area contributed by atoms with Crippen molar-refractivity contribution in [2.45, 2.75) is 13.3 Å². The van der Waals surface area contributed by atoms with Crippen molar-refractivity contribution in [2.75, 3.05) is 10.6 Å². The molecule has 4 aromatic rings. The Hall–Kier alpha value is -3.58. The third kappa shape index (κ3) is 4.36. The molecule has 7 heteroatoms. The molecule has 30 heavy (non-hydrogen) atoms. The number of hydrogen-bond acceptors (Lipinski definition) is 4. The molecule has 0 fully saturated rings. The number of halogens is 1. The van der Waals surface area contributed by atoms with Crippen molar-refractivity contribution >= 4 is 44.7 Å². The molecule has 0 radical (unpaired) electrons. The second-order valence-corrected chi connectivity index (χ2v) is 7.64. The maximum atomic E-state index is 14.4. The molecule has 0 atom stereocenters. The van der Waals surface area contributed by atoms with E-state index in [9.17, 15) is 14.0 Å². The molecule has 0 unspecified atom stereocenters. The highest BCUT2D eigenvalue weighted by Gasteiger charge is 2.13. The maximum absolute atomic E-state index is 14.4. The molecule has 5 nitrogen and oxygen atoms in total. The fourth-order valence-corrected chi connectivity index (χ4v) is 3.97. The highest BCUT2D eigenvalue weighted by atomic mass is 32.1. The molecule has 1 aromatic heterocycles. The minimum absolute atomic E-state index is 0.186. The second kappa shape index (κ2) is 8.42. The molecule has 0 bridgehead atoms. The Labute approximate surface area is 176 Å². The Morgan fingerprint density at radius 2 is 1.83 bits per heavy atom. The summed E-state index contributed by atoms with van der Waals surface area (Å²) in [5, 5.41) is 9.54. The van der Waals surface area contributed by atoms with Gasteiger partial charge in [0, 0.05) is 23.6 Å². The van der Waals surface area contributed by atoms with Crippen molar-refractivity contribution in [3.63, 3.8) is 0 Å². The number of nitrogens with zero attached hydrogens (tertiary/aromatic N) is 1. The molecular weight excluding hydrogens is 401 g/mol. The summed E-state index contributed by atoms with van der Waals surface area (Å²) in [6.45, 7) is 1.36. The van der Waals surface area contributed by atoms with E-state index in [1.807, 2.05) is 42.5 Å². The van der Waals surface area contributed by atoms with Crippen LogP contribution in [0.25, 0.3) is 22.0 Å². The number of aromatic nitrogens is 1. The maximum Gasteiger partial charge on any atom is 0.230 e. The standard InChI is InChI=1S/C23H18FN3O2S/c1-14(28)25-17-9-10-19(20(24)12-17)21-13-30-23(26-21)27-22(29)11-16-7-4-6-15-5-2-3-8-18(15)16/h2-10,12-13H,11H2,1H3,(H,25,28)(H,26,27,29). The predicted molar refractivity (Wildman–Crippen MR) is 118 cm³/mol. The fourth-order valence-electron chi connectivity index (χ4n) is 3.24. The van der Waals surface area contributed by atoms with Crippen LogP contribution in [-0.4, -0.2) is 16.8 Å². The molecular formula is C23H18FN3O2S. The first-order valence-electron chi connectivity index (χ1n) is 9.29. The molecule has 0 saturated heterocycles. The van der Waals surface area contributed by atoms with Crippen LogP contribution in [0.4, 0.5) is 15.2 Å². The molecule has 0 saturated carbocycles. The molecule has 1 heterocycles. The van der Waals surface area contributed by atoms with Crippen LogP contribution >= 0.6 is 11.3 Å². The van der Waals surface area contributed by atoms with Gasteiger partial charge in [0.25, 0.3) is 0 Å². The SMILES string of the molecule is CC(=O)Nc1ccc(-c2csc(NC(=O)Cc3cccc4ccccc34)n2)c(F)c1. The fraction of sp³-hybridized carbons (Fsp3) is 0.0870. The van der Waals surface area contributed by atoms with Crippen LogP contribution in [0.1, 0.15) is 12.5 Å². The van der Waals surface area contributed by atoms with E-state index >= 15 is 0 Å². The average Bonchev–Trinajstić information content (AvgIpc) is 3.16. The van der Waals surface area contributed by atoms with Gasteiger partial charge in [-0.1, -0.05) is 42.5 Å². The Morgan fingerprint density at radius 3 is 2.63 bits per heavy atom. The number of carbonyl (C=O) groups is 2. The van der Waals surface area contributed by atoms with Crippen molar-refractivity contribution in [3.05, 3.63) is 77.4 Å². The van der Waals surface area contributed by atoms with Crippen molar-refractivity contribution in [1.29, 1.82) is 0 Å². The zero-order valence-electron chi connectivity index (χ0n) is 16.1. The van der Waals surface area contributed by atoms with Gasteiger partial charge >= 0.3 is 0 Å². The van der Waals surface area contributed by atoms with Crippen LogP contribution in [-0.2, 0) is 16.0 Å². The van der Waals surface area contributed by atoms with Crippen molar-refractivity contribution in [3.8, 4) is 11.3 Å². The average molecular weight is 419 g/mol. The van der Waals surface area contributed by atoms with Crippen molar-refractivity contribution < 1.29 is 14.0 Å². The van der Waals surface area contributed by atoms with Gasteiger partial charge in [-0.3, -0.25) is 9.59 Å². The van der Waals surface area contributed by atoms with Crippen LogP contribution < -0.4 is 10.6 Å². The van der Waals surface area contributed by atoms with Crippen molar-refractivity contribution in [1.82, 2.24) is 4.98 Å². The minimum Gasteiger partial charge on any atom is -0.326 e. The number of fused-ring (bicyclic) bond motifs is 1. The molecule has 3 aromatic carbocycles. The minimum atomic E-state index is -0.500. The first-order chi connectivity index (χ1) is 14.5. The topological polar surface area (TPSA) is 71.1 Å². The second-order valence-electron chi connectivity index (χ2n) is 6.78. The number of thiazole rings is 1. The van der Waals surface area contributed by atoms with Gasteiger partial charge in [0.15, 0.2) is 5.13 Å². The number of hydrogen-bond donors (Lipinski definition) is 2. The summed E-state index contributed by atoms with van der Waals surface area (Å²) < 4.78 is 14.4. The lowest BCUT2D eigenvalue weighted by atomic mass is 10.0. The molecule has 0 aliphatic carbocycles. The van der Waals surface area contributed by atoms with Crippen molar-refractivity contribution in [2.24, 2.45) is 0 Å². The van der Waals surface area contributed by atoms with Gasteiger partial charge in [-0.25, -0.2) is 9.37 Å². The van der Waals surface area contributed by atoms with E-state index < -0.39 is 5.82 Å². The van der Waals surface area contributed by atoms with Crippen LogP contribution in [0.15, 0.2) is 66.0 Å². The number of amides is 2. The number of nitrogens with one attached hydrogen (secondary N) is 2. The van der Waals surface area contributed by atoms with E-state index in [4.69, 9.17) is 0 Å². The molecule has 0 aliphatic rings. The third-order valence-corrected chi connectivity index (χ3v) is 5.30. The number of anilines is 2. The zero-order chi connectivity index (χ0) is 21.1. The highest BCUT2D eigenvalue weighted by Crippen LogP contribution is 2.29. The van der Waals surface area contributed by atoms with Crippen LogP contribution in [0.2, 0.25) is 0 Å². The largest absolute Gasteiger partial charge is 0.326 e. The van der Waals surface area contributed by atoms with E-state index in [0.29, 0.717) is 22.1 Å². The van der Waals surface area contributed by atoms with Gasteiger partial charge in [-0.15, -0.1) is 11.3 Å². The molecule has 150 valence electrons. The van der Waals surface area contributed by atoms with Gasteiger partial charge in [0.1, 0.15) is 5.82 Å². The van der Waals surface area contributed by atoms with E-state index in [1.54, 1.807) is 17.5 Å². The summed E-state index contributed by atoms with van der Waals surface area (Å²) in [5.74, 6) is -0.957. The molecule has 0 aliphatic heterocycles. The summed E-state index contributed by atoms with van der Waals surface area (Å²) >= 11 is 1.23. The lowest BCUT2D eigenvalue weighted by Gasteiger charge is -2.06. The normalized spacial score (nSPS) is 10.7. The molecule has 2 amide bonds. The van der Waals surface area contributed by atoms with E-state index in [-0.39, 0.29) is 18.2 Å². The number of rotatable bonds is 5. The smallest absolute Gasteiger partial charge is 0.230 e. The van der Waals surface area contributed by atoms with E-state index in [0.717, 1.165) is 16.3 Å². The monoisotopic (exact) mass is 419 g/mol. The van der Waals surface area contributed by atoms with Gasteiger partial charge in [0.05, 0.1) is 12.1 Å². The summed E-state index contributed by atoms with van der Waals surface area (Å²) in [4.78, 5) is 28.0. The summed E-state index contributed by atoms with van der Waals surface area (Å²) in [7, 11) is 0. The molecule has 4 rings (SSSR count). The highest BCUT2D eigenvalue weighted by molar-refractivity contribution is 7.14. The Kier molecular flexibility index (Phi) is 5.54. The summed E-state index contributed by atoms with van der Waals surface area (Å²) in [5.41, 5.74) is 2.03. The van der Waals surface area contributed by atoms with Gasteiger partial charge in [-0.2, -0.15) is 0 Å². The Balaban J connectivity index is 1.48. The van der Waals surface area contributed by atoms with Gasteiger partial charge < -0.3 is 10.6 Å². The Morgan fingerprint density at radius 1 is 1.03 bits per heavy atom. The van der Waals surface area contributed by atoms with E-state index in [1.165, 1.54) is 24.3 Å². The van der Waals surface area contributed by atoms with Gasteiger partial charge in [-0.05, 0) is 34.5 Å². The predicted octanol–water partition coefficient (Wildman–Crippen LogP) is 5.24. The number of benzene rings is 3. The van der Waals surface area contributed by atoms with Crippen LogP contribution in [0, 0.1) is 5.82 Å². The lowest BCUT2D eigenvalue weighted by molar-refractivity contribution is -0.116. The first-order valence-corrected chi connectivity index (χ1v) is 10.2. The molecule has 0 spiro atoms. The Bertz CT molecular complexity index is 1250. The summed E-state index contributed by atoms with van der Waals surface area (Å²) in [6.07, 6.45) is 0.218.